The molecule has 10 aromatic carbocycles. The Bertz CT molecular complexity index is 3480. The van der Waals surface area contributed by atoms with Crippen molar-refractivity contribution in [2.24, 2.45) is 0 Å². The molecule has 4 nitrogen and oxygen atoms in total. The molecule has 0 fully saturated rings. The van der Waals surface area contributed by atoms with Crippen LogP contribution in [0.4, 0.5) is 0 Å². The molecule has 0 saturated carbocycles. The third-order valence-electron chi connectivity index (χ3n) is 15.4. The molecule has 1 aliphatic heterocycles. The minimum atomic E-state index is -3.68. The van der Waals surface area contributed by atoms with Gasteiger partial charge < -0.3 is 0 Å². The van der Waals surface area contributed by atoms with Crippen LogP contribution >= 0.6 is 0 Å². The van der Waals surface area contributed by atoms with Crippen LogP contribution in [-0.4, -0.2) is 49.3 Å². The van der Waals surface area contributed by atoms with Crippen molar-refractivity contribution in [1.29, 1.82) is 0 Å². The fourth-order valence-corrected chi connectivity index (χ4v) is 32.1. The van der Waals surface area contributed by atoms with Crippen LogP contribution in [0.15, 0.2) is 304 Å². The molecule has 2 aromatic heterocycles. The third kappa shape index (κ3) is 7.63. The Morgan fingerprint density at radius 1 is 0.267 bits per heavy atom. The molecule has 0 bridgehead atoms. The first-order chi connectivity index (χ1) is 37.2. The number of fused-ring (bicyclic) bond motifs is 3. The molecule has 3 heterocycles. The van der Waals surface area contributed by atoms with E-state index in [2.05, 4.69) is 291 Å². The molecule has 75 heavy (non-hydrogen) atoms. The summed E-state index contributed by atoms with van der Waals surface area (Å²) in [5.74, 6) is 1.41. The van der Waals surface area contributed by atoms with E-state index < -0.39 is 29.4 Å². The predicted octanol–water partition coefficient (Wildman–Crippen LogP) is 6.71. The molecule has 0 aliphatic carbocycles. The Balaban J connectivity index is 1.03. The van der Waals surface area contributed by atoms with Crippen molar-refractivity contribution in [3.63, 3.8) is 0 Å². The molecule has 0 amide bonds. The van der Waals surface area contributed by atoms with E-state index in [0.717, 1.165) is 21.8 Å². The van der Waals surface area contributed by atoms with Crippen LogP contribution in [0.2, 0.25) is 0 Å². The average molecular weight is 1050 g/mol. The number of hydrogen-bond donors (Lipinski definition) is 0. The maximum absolute atomic E-state index is 5.70. The first-order valence-electron chi connectivity index (χ1n) is 25.6. The van der Waals surface area contributed by atoms with E-state index >= 15 is 0 Å². The molecule has 0 atom stereocenters. The van der Waals surface area contributed by atoms with E-state index in [4.69, 9.17) is 19.9 Å². The quantitative estimate of drug-likeness (QED) is 0.101. The molecule has 0 saturated heterocycles. The molecular formula is C68H50GeN4Si2. The Hall–Kier alpha value is -8.66. The van der Waals surface area contributed by atoms with Crippen LogP contribution in [0.25, 0.3) is 33.9 Å². The van der Waals surface area contributed by atoms with Gasteiger partial charge in [-0.05, 0) is 0 Å². The summed E-state index contributed by atoms with van der Waals surface area (Å²) in [7, 11) is -5.87. The number of nitrogens with zero attached hydrogens (tertiary/aromatic N) is 4. The van der Waals surface area contributed by atoms with Crippen molar-refractivity contribution >= 4 is 88.8 Å². The van der Waals surface area contributed by atoms with Crippen LogP contribution in [0.3, 0.4) is 0 Å². The van der Waals surface area contributed by atoms with Gasteiger partial charge in [0.05, 0.1) is 0 Å². The standard InChI is InChI=1S/C68H50GeN4Si2/c1-9-25-53(26-10-1)69(54-27-11-2-12-28-54)63-43-41-51(67-70-47-45-65(72-67)74(55-29-13-3-14-30-55,56-31-15-4-16-32-56)57-33-17-5-18-34-57)49-61(63)62-50-52(42-44-64(62)69)68-71-48-46-66(73-68)75(58-35-19-6-20-36-58,59-37-21-7-22-38-59)60-39-23-8-24-40-60/h1-50H. The van der Waals surface area contributed by atoms with E-state index in [-0.39, 0.29) is 0 Å². The number of aromatic nitrogens is 4. The summed E-state index contributed by atoms with van der Waals surface area (Å²) in [6.45, 7) is 0. The second-order valence-electron chi connectivity index (χ2n) is 19.2. The van der Waals surface area contributed by atoms with Gasteiger partial charge in [-0.1, -0.05) is 0 Å². The van der Waals surface area contributed by atoms with Gasteiger partial charge in [0.25, 0.3) is 0 Å². The van der Waals surface area contributed by atoms with Crippen molar-refractivity contribution in [3.05, 3.63) is 304 Å². The molecule has 0 radical (unpaired) electrons. The SMILES string of the molecule is c1ccc([Si](c2ccccc2)(c2ccccc2)c2ccnc(-c3cc[c]4c(c3)-c3cc(-c5nccc([Si](c6ccccc6)(c6ccccc6)c6ccccc6)n5)cc[c]3[Ge]4([c]3ccccc3)[c]3ccccc3)n2)cc1. The summed E-state index contributed by atoms with van der Waals surface area (Å²) >= 11 is -3.68. The minimum absolute atomic E-state index is 0.706. The molecule has 354 valence electrons. The van der Waals surface area contributed by atoms with Gasteiger partial charge in [0, 0.05) is 0 Å². The first-order valence-corrected chi connectivity index (χ1v) is 33.8. The fraction of sp³-hybridized carbons (Fsp3) is 0. The van der Waals surface area contributed by atoms with Crippen molar-refractivity contribution in [2.45, 2.75) is 0 Å². The molecule has 0 spiro atoms. The van der Waals surface area contributed by atoms with Crippen molar-refractivity contribution < 1.29 is 0 Å². The number of benzene rings is 10. The molecule has 13 rings (SSSR count). The average Bonchev–Trinajstić information content (AvgIpc) is 3.80. The zero-order chi connectivity index (χ0) is 50.1. The van der Waals surface area contributed by atoms with Crippen LogP contribution < -0.4 is 59.3 Å². The summed E-state index contributed by atoms with van der Waals surface area (Å²) in [4.78, 5) is 21.6. The van der Waals surface area contributed by atoms with Gasteiger partial charge in [0.15, 0.2) is 0 Å². The van der Waals surface area contributed by atoms with Gasteiger partial charge in [-0.15, -0.1) is 0 Å². The van der Waals surface area contributed by atoms with Crippen LogP contribution in [-0.2, 0) is 0 Å². The van der Waals surface area contributed by atoms with E-state index in [1.54, 1.807) is 0 Å². The Morgan fingerprint density at radius 3 is 0.813 bits per heavy atom. The zero-order valence-electron chi connectivity index (χ0n) is 41.2. The second-order valence-corrected chi connectivity index (χ2v) is 34.5. The monoisotopic (exact) mass is 1050 g/mol. The van der Waals surface area contributed by atoms with Gasteiger partial charge in [0.2, 0.25) is 0 Å². The summed E-state index contributed by atoms with van der Waals surface area (Å²) in [5.41, 5.74) is 4.37. The number of hydrogen-bond acceptors (Lipinski definition) is 4. The first kappa shape index (κ1) is 46.1. The van der Waals surface area contributed by atoms with Crippen LogP contribution in [0.1, 0.15) is 0 Å². The van der Waals surface area contributed by atoms with Crippen LogP contribution in [0, 0.1) is 0 Å². The van der Waals surface area contributed by atoms with Crippen LogP contribution in [0.5, 0.6) is 0 Å². The molecule has 1 aliphatic rings. The predicted molar refractivity (Wildman–Crippen MR) is 318 cm³/mol. The molecular weight excluding hydrogens is 1000 g/mol. The zero-order valence-corrected chi connectivity index (χ0v) is 45.3. The maximum atomic E-state index is 5.70. The summed E-state index contributed by atoms with van der Waals surface area (Å²) in [6, 6.07) is 107. The summed E-state index contributed by atoms with van der Waals surface area (Å²) in [6.07, 6.45) is 3.94. The van der Waals surface area contributed by atoms with Gasteiger partial charge in [0.1, 0.15) is 0 Å². The number of rotatable bonds is 12. The van der Waals surface area contributed by atoms with Gasteiger partial charge in [-0.2, -0.15) is 0 Å². The molecule has 12 aromatic rings. The summed E-state index contributed by atoms with van der Waals surface area (Å²) in [5, 5.41) is 9.71. The Kier molecular flexibility index (Phi) is 12.1. The van der Waals surface area contributed by atoms with Crippen molar-refractivity contribution in [3.8, 4) is 33.9 Å². The van der Waals surface area contributed by atoms with Crippen molar-refractivity contribution in [2.75, 3.05) is 0 Å². The van der Waals surface area contributed by atoms with Gasteiger partial charge in [-0.3, -0.25) is 0 Å². The Labute approximate surface area is 443 Å². The topological polar surface area (TPSA) is 51.6 Å². The Morgan fingerprint density at radius 2 is 0.533 bits per heavy atom. The van der Waals surface area contributed by atoms with E-state index in [0.29, 0.717) is 11.6 Å². The molecule has 0 unspecified atom stereocenters. The van der Waals surface area contributed by atoms with Gasteiger partial charge >= 0.3 is 446 Å². The molecule has 0 N–H and O–H groups in total. The fourth-order valence-electron chi connectivity index (χ4n) is 12.2. The molecule has 7 heteroatoms. The van der Waals surface area contributed by atoms with E-state index in [9.17, 15) is 0 Å². The van der Waals surface area contributed by atoms with Gasteiger partial charge in [-0.25, -0.2) is 0 Å². The van der Waals surface area contributed by atoms with Crippen molar-refractivity contribution in [1.82, 2.24) is 19.9 Å². The van der Waals surface area contributed by atoms with E-state index in [1.165, 1.54) is 59.8 Å². The third-order valence-corrected chi connectivity index (χ3v) is 34.9. The summed E-state index contributed by atoms with van der Waals surface area (Å²) < 4.78 is 5.54. The second kappa shape index (κ2) is 19.6. The van der Waals surface area contributed by atoms with E-state index in [1.807, 2.05) is 12.4 Å². The normalized spacial score (nSPS) is 12.6.